The quantitative estimate of drug-likeness (QED) is 0.385. The van der Waals surface area contributed by atoms with Crippen molar-refractivity contribution >= 4 is 0 Å². The molecule has 0 aromatic heterocycles. The summed E-state index contributed by atoms with van der Waals surface area (Å²) in [6, 6.07) is 0. The standard InChI is InChI=1S/C31H52/c1-5-7-25-12-18-27(19-13-25)29-15-9-23(4)31(21-29)30-20-28(14-8-22(30)3)26-16-10-24(6-2)11-17-26/h5-7,22-31H,2,8-21H2,1,3-4H3. The summed E-state index contributed by atoms with van der Waals surface area (Å²) in [5, 5.41) is 0. The molecule has 6 atom stereocenters. The number of rotatable bonds is 5. The first-order valence-corrected chi connectivity index (χ1v) is 14.3. The molecule has 0 aromatic carbocycles. The molecular formula is C31H52. The van der Waals surface area contributed by atoms with Crippen LogP contribution in [0.3, 0.4) is 0 Å². The fourth-order valence-corrected chi connectivity index (χ4v) is 8.76. The summed E-state index contributed by atoms with van der Waals surface area (Å²) in [5.41, 5.74) is 0. The van der Waals surface area contributed by atoms with Gasteiger partial charge in [-0.05, 0) is 143 Å². The third-order valence-electron chi connectivity index (χ3n) is 10.9. The summed E-state index contributed by atoms with van der Waals surface area (Å²) in [4.78, 5) is 0. The zero-order valence-electron chi connectivity index (χ0n) is 21.1. The van der Waals surface area contributed by atoms with E-state index in [0.29, 0.717) is 0 Å². The Kier molecular flexibility index (Phi) is 8.44. The van der Waals surface area contributed by atoms with Gasteiger partial charge in [0, 0.05) is 0 Å². The molecule has 31 heavy (non-hydrogen) atoms. The first-order chi connectivity index (χ1) is 15.1. The van der Waals surface area contributed by atoms with Crippen LogP contribution in [0.2, 0.25) is 0 Å². The Balaban J connectivity index is 1.35. The van der Waals surface area contributed by atoms with Gasteiger partial charge in [0.15, 0.2) is 0 Å². The van der Waals surface area contributed by atoms with Crippen molar-refractivity contribution in [3.8, 4) is 0 Å². The molecule has 4 rings (SSSR count). The van der Waals surface area contributed by atoms with Gasteiger partial charge in [-0.3, -0.25) is 0 Å². The Morgan fingerprint density at radius 2 is 0.968 bits per heavy atom. The van der Waals surface area contributed by atoms with Gasteiger partial charge >= 0.3 is 0 Å². The van der Waals surface area contributed by atoms with E-state index in [4.69, 9.17) is 0 Å². The maximum atomic E-state index is 4.07. The molecule has 0 radical (unpaired) electrons. The van der Waals surface area contributed by atoms with Crippen LogP contribution in [0, 0.1) is 59.2 Å². The Labute approximate surface area is 194 Å². The lowest BCUT2D eigenvalue weighted by Gasteiger charge is -2.49. The molecule has 4 saturated carbocycles. The van der Waals surface area contributed by atoms with Crippen molar-refractivity contribution in [3.05, 3.63) is 24.8 Å². The van der Waals surface area contributed by atoms with Crippen LogP contribution in [0.4, 0.5) is 0 Å². The van der Waals surface area contributed by atoms with E-state index in [9.17, 15) is 0 Å². The van der Waals surface area contributed by atoms with Crippen molar-refractivity contribution < 1.29 is 0 Å². The van der Waals surface area contributed by atoms with E-state index in [1.54, 1.807) is 12.8 Å². The fourth-order valence-electron chi connectivity index (χ4n) is 8.76. The van der Waals surface area contributed by atoms with Crippen molar-refractivity contribution in [2.75, 3.05) is 0 Å². The van der Waals surface area contributed by atoms with Gasteiger partial charge in [0.2, 0.25) is 0 Å². The van der Waals surface area contributed by atoms with Gasteiger partial charge in [-0.1, -0.05) is 44.9 Å². The molecule has 0 N–H and O–H groups in total. The van der Waals surface area contributed by atoms with E-state index in [2.05, 4.69) is 45.6 Å². The van der Waals surface area contributed by atoms with Crippen LogP contribution in [0.15, 0.2) is 24.8 Å². The van der Waals surface area contributed by atoms with Crippen molar-refractivity contribution in [3.63, 3.8) is 0 Å². The van der Waals surface area contributed by atoms with Gasteiger partial charge in [0.05, 0.1) is 0 Å². The molecule has 4 aliphatic rings. The molecule has 0 heteroatoms. The van der Waals surface area contributed by atoms with E-state index < -0.39 is 0 Å². The average Bonchev–Trinajstić information content (AvgIpc) is 2.81. The van der Waals surface area contributed by atoms with Crippen LogP contribution in [-0.2, 0) is 0 Å². The molecular weight excluding hydrogens is 372 g/mol. The Morgan fingerprint density at radius 1 is 0.548 bits per heavy atom. The topological polar surface area (TPSA) is 0 Å². The molecule has 0 bridgehead atoms. The molecule has 0 saturated heterocycles. The average molecular weight is 425 g/mol. The number of hydrogen-bond donors (Lipinski definition) is 0. The summed E-state index contributed by atoms with van der Waals surface area (Å²) < 4.78 is 0. The lowest BCUT2D eigenvalue weighted by molar-refractivity contribution is 0.0165. The van der Waals surface area contributed by atoms with Crippen LogP contribution in [0.1, 0.15) is 111 Å². The first-order valence-electron chi connectivity index (χ1n) is 14.3. The minimum Gasteiger partial charge on any atom is -0.103 e. The molecule has 6 unspecified atom stereocenters. The predicted octanol–water partition coefficient (Wildman–Crippen LogP) is 9.47. The van der Waals surface area contributed by atoms with E-state index >= 15 is 0 Å². The molecule has 4 aliphatic carbocycles. The van der Waals surface area contributed by atoms with Gasteiger partial charge in [-0.15, -0.1) is 6.58 Å². The summed E-state index contributed by atoms with van der Waals surface area (Å²) >= 11 is 0. The van der Waals surface area contributed by atoms with Crippen molar-refractivity contribution in [2.24, 2.45) is 59.2 Å². The first kappa shape index (κ1) is 23.6. The van der Waals surface area contributed by atoms with E-state index in [-0.39, 0.29) is 0 Å². The lowest BCUT2D eigenvalue weighted by Crippen LogP contribution is -2.39. The second-order valence-electron chi connectivity index (χ2n) is 12.5. The van der Waals surface area contributed by atoms with E-state index in [0.717, 1.165) is 59.2 Å². The summed E-state index contributed by atoms with van der Waals surface area (Å²) in [6.07, 6.45) is 28.0. The van der Waals surface area contributed by atoms with Crippen molar-refractivity contribution in [1.29, 1.82) is 0 Å². The van der Waals surface area contributed by atoms with Gasteiger partial charge in [-0.25, -0.2) is 0 Å². The van der Waals surface area contributed by atoms with E-state index in [1.165, 1.54) is 77.0 Å². The third-order valence-corrected chi connectivity index (χ3v) is 10.9. The number of allylic oxidation sites excluding steroid dienone is 3. The van der Waals surface area contributed by atoms with E-state index in [1.807, 2.05) is 0 Å². The molecule has 0 nitrogen and oxygen atoms in total. The maximum absolute atomic E-state index is 4.07. The van der Waals surface area contributed by atoms with Gasteiger partial charge in [0.25, 0.3) is 0 Å². The van der Waals surface area contributed by atoms with Crippen LogP contribution in [-0.4, -0.2) is 0 Å². The van der Waals surface area contributed by atoms with Gasteiger partial charge < -0.3 is 0 Å². The summed E-state index contributed by atoms with van der Waals surface area (Å²) in [7, 11) is 0. The minimum absolute atomic E-state index is 0.816. The lowest BCUT2D eigenvalue weighted by atomic mass is 9.57. The van der Waals surface area contributed by atoms with Gasteiger partial charge in [0.1, 0.15) is 0 Å². The second-order valence-corrected chi connectivity index (χ2v) is 12.5. The molecule has 176 valence electrons. The molecule has 0 amide bonds. The molecule has 0 aromatic rings. The zero-order chi connectivity index (χ0) is 21.8. The Bertz CT molecular complexity index is 571. The van der Waals surface area contributed by atoms with Crippen LogP contribution in [0.25, 0.3) is 0 Å². The smallest absolute Gasteiger partial charge is 0.0233 e. The van der Waals surface area contributed by atoms with Crippen LogP contribution >= 0.6 is 0 Å². The molecule has 0 aliphatic heterocycles. The van der Waals surface area contributed by atoms with Crippen molar-refractivity contribution in [1.82, 2.24) is 0 Å². The molecule has 0 heterocycles. The van der Waals surface area contributed by atoms with Gasteiger partial charge in [-0.2, -0.15) is 0 Å². The number of hydrogen-bond acceptors (Lipinski definition) is 0. The van der Waals surface area contributed by atoms with Crippen molar-refractivity contribution in [2.45, 2.75) is 111 Å². The Morgan fingerprint density at radius 3 is 1.39 bits per heavy atom. The zero-order valence-corrected chi connectivity index (χ0v) is 21.1. The molecule has 0 spiro atoms. The van der Waals surface area contributed by atoms with Crippen LogP contribution in [0.5, 0.6) is 0 Å². The highest BCUT2D eigenvalue weighted by atomic mass is 14.5. The Hall–Kier alpha value is -0.520. The largest absolute Gasteiger partial charge is 0.103 e. The highest BCUT2D eigenvalue weighted by Crippen LogP contribution is 2.52. The maximum Gasteiger partial charge on any atom is -0.0233 e. The second kappa shape index (κ2) is 11.1. The third kappa shape index (κ3) is 5.70. The SMILES string of the molecule is C=CC1CCC(C2CCC(C)C(C3CC(C4CCC(C=CC)CC4)CCC3C)C2)CC1. The van der Waals surface area contributed by atoms with Crippen LogP contribution < -0.4 is 0 Å². The normalized spacial score (nSPS) is 47.3. The fraction of sp³-hybridized carbons (Fsp3) is 0.871. The highest BCUT2D eigenvalue weighted by Gasteiger charge is 2.42. The molecule has 4 fully saturated rings. The minimum atomic E-state index is 0.816. The monoisotopic (exact) mass is 424 g/mol. The predicted molar refractivity (Wildman–Crippen MR) is 136 cm³/mol. The highest BCUT2D eigenvalue weighted by molar-refractivity contribution is 4.95. The summed E-state index contributed by atoms with van der Waals surface area (Å²) in [6.45, 7) is 11.5. The summed E-state index contributed by atoms with van der Waals surface area (Å²) in [5.74, 6) is 9.84.